The van der Waals surface area contributed by atoms with Crippen LogP contribution >= 0.6 is 27.7 Å². The molecule has 0 radical (unpaired) electrons. The highest BCUT2D eigenvalue weighted by Crippen LogP contribution is 2.26. The van der Waals surface area contributed by atoms with E-state index < -0.39 is 0 Å². The van der Waals surface area contributed by atoms with E-state index in [0.717, 1.165) is 9.37 Å². The summed E-state index contributed by atoms with van der Waals surface area (Å²) in [6.07, 6.45) is 1.59. The Morgan fingerprint density at radius 2 is 2.05 bits per heavy atom. The molecule has 0 fully saturated rings. The van der Waals surface area contributed by atoms with Gasteiger partial charge in [-0.05, 0) is 38.1 Å². The van der Waals surface area contributed by atoms with Crippen molar-refractivity contribution in [3.63, 3.8) is 0 Å². The lowest BCUT2D eigenvalue weighted by atomic mass is 10.2. The molecule has 0 atom stereocenters. The molecule has 0 aliphatic rings. The normalized spacial score (nSPS) is 10.9. The van der Waals surface area contributed by atoms with Crippen LogP contribution in [0.2, 0.25) is 0 Å². The Labute approximate surface area is 137 Å². The molecule has 4 nitrogen and oxygen atoms in total. The van der Waals surface area contributed by atoms with E-state index >= 15 is 0 Å². The number of methoxy groups -OCH3 is 1. The quantitative estimate of drug-likeness (QED) is 0.565. The lowest BCUT2D eigenvalue weighted by molar-refractivity contribution is 0.100. The van der Waals surface area contributed by atoms with Crippen molar-refractivity contribution in [3.05, 3.63) is 40.6 Å². The number of nitrogens with zero attached hydrogens (tertiary/aromatic N) is 2. The Hall–Kier alpha value is -1.27. The zero-order chi connectivity index (χ0) is 15.4. The molecular weight excluding hydrogens is 352 g/mol. The van der Waals surface area contributed by atoms with Crippen molar-refractivity contribution in [1.82, 2.24) is 9.78 Å². The maximum absolute atomic E-state index is 12.5. The van der Waals surface area contributed by atoms with Gasteiger partial charge in [0.05, 0.1) is 19.1 Å². The van der Waals surface area contributed by atoms with Gasteiger partial charge in [0.25, 0.3) is 0 Å². The van der Waals surface area contributed by atoms with E-state index in [1.807, 2.05) is 38.1 Å². The van der Waals surface area contributed by atoms with Crippen molar-refractivity contribution in [3.8, 4) is 5.75 Å². The number of ketones is 1. The predicted molar refractivity (Wildman–Crippen MR) is 88.4 cm³/mol. The SMILES string of the molecule is COc1cnn(C(C)C)c1C(=O)CSc1ccc(Br)cc1. The van der Waals surface area contributed by atoms with Crippen LogP contribution in [0.4, 0.5) is 0 Å². The van der Waals surface area contributed by atoms with Crippen molar-refractivity contribution in [2.24, 2.45) is 0 Å². The summed E-state index contributed by atoms with van der Waals surface area (Å²) < 4.78 is 7.98. The molecule has 1 aromatic heterocycles. The summed E-state index contributed by atoms with van der Waals surface area (Å²) in [6, 6.07) is 8.01. The van der Waals surface area contributed by atoms with Crippen LogP contribution in [0, 0.1) is 0 Å². The minimum absolute atomic E-state index is 0.0194. The molecule has 0 unspecified atom stereocenters. The molecule has 1 aromatic carbocycles. The lowest BCUT2D eigenvalue weighted by Crippen LogP contribution is -2.15. The van der Waals surface area contributed by atoms with Crippen LogP contribution in [0.3, 0.4) is 0 Å². The third kappa shape index (κ3) is 3.89. The van der Waals surface area contributed by atoms with Gasteiger partial charge in [0.15, 0.2) is 11.5 Å². The van der Waals surface area contributed by atoms with E-state index in [1.54, 1.807) is 18.0 Å². The summed E-state index contributed by atoms with van der Waals surface area (Å²) in [5.41, 5.74) is 0.539. The van der Waals surface area contributed by atoms with Gasteiger partial charge in [-0.15, -0.1) is 11.8 Å². The number of hydrogen-bond donors (Lipinski definition) is 0. The van der Waals surface area contributed by atoms with Crippen molar-refractivity contribution >= 4 is 33.5 Å². The number of ether oxygens (including phenoxy) is 1. The number of Topliss-reactive ketones (excluding diaryl/α,β-unsaturated/α-hetero) is 1. The Kier molecular flexibility index (Phi) is 5.47. The molecule has 1 heterocycles. The zero-order valence-electron chi connectivity index (χ0n) is 12.2. The number of benzene rings is 1. The van der Waals surface area contributed by atoms with Crippen molar-refractivity contribution in [2.45, 2.75) is 24.8 Å². The molecular formula is C15H17BrN2O2S. The second kappa shape index (κ2) is 7.13. The number of halogens is 1. The van der Waals surface area contributed by atoms with Crippen LogP contribution < -0.4 is 4.74 Å². The summed E-state index contributed by atoms with van der Waals surface area (Å²) in [6.45, 7) is 3.98. The number of carbonyl (C=O) groups is 1. The zero-order valence-corrected chi connectivity index (χ0v) is 14.6. The molecule has 0 spiro atoms. The second-order valence-electron chi connectivity index (χ2n) is 4.77. The number of thioether (sulfide) groups is 1. The minimum Gasteiger partial charge on any atom is -0.493 e. The van der Waals surface area contributed by atoms with E-state index in [9.17, 15) is 4.79 Å². The van der Waals surface area contributed by atoms with Gasteiger partial charge in [0.2, 0.25) is 0 Å². The fourth-order valence-corrected chi connectivity index (χ4v) is 2.93. The van der Waals surface area contributed by atoms with E-state index in [4.69, 9.17) is 4.74 Å². The van der Waals surface area contributed by atoms with Crippen LogP contribution in [-0.2, 0) is 0 Å². The molecule has 2 aromatic rings. The molecule has 0 saturated carbocycles. The number of hydrogen-bond acceptors (Lipinski definition) is 4. The fourth-order valence-electron chi connectivity index (χ4n) is 1.90. The predicted octanol–water partition coefficient (Wildman–Crippen LogP) is 4.21. The van der Waals surface area contributed by atoms with Crippen molar-refractivity contribution < 1.29 is 9.53 Å². The molecule has 0 bridgehead atoms. The summed E-state index contributed by atoms with van der Waals surface area (Å²) in [5, 5.41) is 4.23. The molecule has 0 aliphatic heterocycles. The van der Waals surface area contributed by atoms with Crippen LogP contribution in [0.5, 0.6) is 5.75 Å². The molecule has 112 valence electrons. The first-order valence-corrected chi connectivity index (χ1v) is 8.34. The second-order valence-corrected chi connectivity index (χ2v) is 6.73. The van der Waals surface area contributed by atoms with E-state index in [-0.39, 0.29) is 11.8 Å². The smallest absolute Gasteiger partial charge is 0.194 e. The highest BCUT2D eigenvalue weighted by Gasteiger charge is 2.20. The fraction of sp³-hybridized carbons (Fsp3) is 0.333. The summed E-state index contributed by atoms with van der Waals surface area (Å²) in [7, 11) is 1.56. The van der Waals surface area contributed by atoms with Gasteiger partial charge < -0.3 is 4.74 Å². The largest absolute Gasteiger partial charge is 0.493 e. The third-order valence-corrected chi connectivity index (χ3v) is 4.46. The topological polar surface area (TPSA) is 44.1 Å². The first-order chi connectivity index (χ1) is 10.0. The Morgan fingerprint density at radius 3 is 2.62 bits per heavy atom. The van der Waals surface area contributed by atoms with Crippen LogP contribution in [0.25, 0.3) is 0 Å². The summed E-state index contributed by atoms with van der Waals surface area (Å²) >= 11 is 4.91. The number of rotatable bonds is 6. The molecule has 21 heavy (non-hydrogen) atoms. The molecule has 6 heteroatoms. The van der Waals surface area contributed by atoms with Gasteiger partial charge in [-0.3, -0.25) is 9.48 Å². The van der Waals surface area contributed by atoms with Crippen LogP contribution in [0.15, 0.2) is 39.8 Å². The van der Waals surface area contributed by atoms with E-state index in [1.165, 1.54) is 11.8 Å². The average molecular weight is 369 g/mol. The highest BCUT2D eigenvalue weighted by atomic mass is 79.9. The number of aromatic nitrogens is 2. The Bertz CT molecular complexity index is 623. The lowest BCUT2D eigenvalue weighted by Gasteiger charge is -2.11. The summed E-state index contributed by atoms with van der Waals surface area (Å²) in [4.78, 5) is 13.5. The van der Waals surface area contributed by atoms with Crippen LogP contribution in [-0.4, -0.2) is 28.4 Å². The van der Waals surface area contributed by atoms with Gasteiger partial charge in [-0.2, -0.15) is 5.10 Å². The van der Waals surface area contributed by atoms with Crippen LogP contribution in [0.1, 0.15) is 30.4 Å². The van der Waals surface area contributed by atoms with Gasteiger partial charge in [0, 0.05) is 15.4 Å². The Morgan fingerprint density at radius 1 is 1.38 bits per heavy atom. The maximum atomic E-state index is 12.5. The Balaban J connectivity index is 2.13. The van der Waals surface area contributed by atoms with Gasteiger partial charge in [-0.25, -0.2) is 0 Å². The molecule has 0 N–H and O–H groups in total. The molecule has 0 aliphatic carbocycles. The summed E-state index contributed by atoms with van der Waals surface area (Å²) in [5.74, 6) is 0.909. The first-order valence-electron chi connectivity index (χ1n) is 6.56. The maximum Gasteiger partial charge on any atom is 0.194 e. The van der Waals surface area contributed by atoms with Crippen molar-refractivity contribution in [2.75, 3.05) is 12.9 Å². The van der Waals surface area contributed by atoms with Crippen molar-refractivity contribution in [1.29, 1.82) is 0 Å². The van der Waals surface area contributed by atoms with E-state index in [0.29, 0.717) is 17.2 Å². The number of carbonyl (C=O) groups excluding carboxylic acids is 1. The highest BCUT2D eigenvalue weighted by molar-refractivity contribution is 9.10. The third-order valence-electron chi connectivity index (χ3n) is 2.92. The van der Waals surface area contributed by atoms with Gasteiger partial charge in [0.1, 0.15) is 5.69 Å². The van der Waals surface area contributed by atoms with Gasteiger partial charge in [-0.1, -0.05) is 15.9 Å². The molecule has 0 amide bonds. The average Bonchev–Trinajstić information content (AvgIpc) is 2.90. The monoisotopic (exact) mass is 368 g/mol. The van der Waals surface area contributed by atoms with Gasteiger partial charge >= 0.3 is 0 Å². The first kappa shape index (κ1) is 16.1. The standard InChI is InChI=1S/C15H17BrN2O2S/c1-10(2)18-15(14(20-3)8-17-18)13(19)9-21-12-6-4-11(16)5-7-12/h4-8,10H,9H2,1-3H3. The van der Waals surface area contributed by atoms with E-state index in [2.05, 4.69) is 21.0 Å². The molecule has 2 rings (SSSR count). The molecule has 0 saturated heterocycles. The minimum atomic E-state index is 0.0194.